The van der Waals surface area contributed by atoms with Crippen molar-refractivity contribution in [3.8, 4) is 0 Å². The highest BCUT2D eigenvalue weighted by atomic mass is 35.5. The zero-order valence-electron chi connectivity index (χ0n) is 5.55. The first-order valence-electron chi connectivity index (χ1n) is 3.25. The maximum Gasteiger partial charge on any atom is 0.237 e. The molecule has 0 aromatic carbocycles. The topological polar surface area (TPSA) is 52.3 Å². The summed E-state index contributed by atoms with van der Waals surface area (Å²) in [6.45, 7) is 0.252. The van der Waals surface area contributed by atoms with E-state index in [0.29, 0.717) is 6.10 Å². The van der Waals surface area contributed by atoms with E-state index in [-0.39, 0.29) is 6.61 Å². The second-order valence-electron chi connectivity index (χ2n) is 2.40. The lowest BCUT2D eigenvalue weighted by Gasteiger charge is -2.04. The smallest absolute Gasteiger partial charge is 0.237 e. The van der Waals surface area contributed by atoms with Crippen LogP contribution in [0.2, 0.25) is 0 Å². The molecule has 0 aromatic rings. The molecule has 4 heteroatoms. The van der Waals surface area contributed by atoms with Gasteiger partial charge in [0.2, 0.25) is 5.91 Å². The Balaban J connectivity index is 2.05. The van der Waals surface area contributed by atoms with E-state index in [2.05, 4.69) is 0 Å². The van der Waals surface area contributed by atoms with Crippen LogP contribution < -0.4 is 5.73 Å². The molecule has 0 aliphatic heterocycles. The minimum Gasteiger partial charge on any atom is -0.376 e. The molecular weight excluding hydrogens is 154 g/mol. The van der Waals surface area contributed by atoms with Gasteiger partial charge in [-0.15, -0.1) is 11.6 Å². The van der Waals surface area contributed by atoms with Crippen molar-refractivity contribution in [1.29, 1.82) is 0 Å². The Labute approximate surface area is 64.5 Å². The van der Waals surface area contributed by atoms with Crippen LogP contribution in [0, 0.1) is 0 Å². The van der Waals surface area contributed by atoms with Crippen LogP contribution in [-0.4, -0.2) is 24.0 Å². The summed E-state index contributed by atoms with van der Waals surface area (Å²) in [7, 11) is 0. The van der Waals surface area contributed by atoms with Gasteiger partial charge >= 0.3 is 0 Å². The fraction of sp³-hybridized carbons (Fsp3) is 0.833. The summed E-state index contributed by atoms with van der Waals surface area (Å²) >= 11 is 5.49. The Hall–Kier alpha value is -0.280. The molecule has 10 heavy (non-hydrogen) atoms. The van der Waals surface area contributed by atoms with Gasteiger partial charge in [0.15, 0.2) is 0 Å². The quantitative estimate of drug-likeness (QED) is 0.605. The van der Waals surface area contributed by atoms with Crippen LogP contribution in [0.15, 0.2) is 0 Å². The Bertz CT molecular complexity index is 136. The molecule has 1 aliphatic rings. The van der Waals surface area contributed by atoms with Gasteiger partial charge < -0.3 is 10.5 Å². The lowest BCUT2D eigenvalue weighted by atomic mass is 10.4. The minimum absolute atomic E-state index is 0.252. The van der Waals surface area contributed by atoms with Gasteiger partial charge in [0, 0.05) is 0 Å². The van der Waals surface area contributed by atoms with Crippen molar-refractivity contribution in [2.75, 3.05) is 6.61 Å². The molecule has 1 fully saturated rings. The first kappa shape index (κ1) is 7.82. The number of hydrogen-bond donors (Lipinski definition) is 1. The van der Waals surface area contributed by atoms with Gasteiger partial charge in [-0.05, 0) is 12.8 Å². The molecule has 0 heterocycles. The lowest BCUT2D eigenvalue weighted by Crippen LogP contribution is -2.28. The molecule has 1 amide bonds. The molecule has 1 unspecified atom stereocenters. The standard InChI is InChI=1S/C6H10ClNO2/c7-5(6(8)9)3-10-4-1-2-4/h4-5H,1-3H2,(H2,8,9). The van der Waals surface area contributed by atoms with Crippen LogP contribution >= 0.6 is 11.6 Å². The Morgan fingerprint density at radius 1 is 1.80 bits per heavy atom. The molecule has 1 atom stereocenters. The number of hydrogen-bond acceptors (Lipinski definition) is 2. The number of ether oxygens (including phenoxy) is 1. The largest absolute Gasteiger partial charge is 0.376 e. The molecule has 0 spiro atoms. The van der Waals surface area contributed by atoms with Crippen LogP contribution in [0.3, 0.4) is 0 Å². The molecule has 1 saturated carbocycles. The average Bonchev–Trinajstić information content (AvgIpc) is 2.64. The van der Waals surface area contributed by atoms with Crippen LogP contribution in [0.25, 0.3) is 0 Å². The number of nitrogens with two attached hydrogens (primary N) is 1. The van der Waals surface area contributed by atoms with E-state index in [0.717, 1.165) is 12.8 Å². The molecule has 1 aliphatic carbocycles. The molecule has 58 valence electrons. The highest BCUT2D eigenvalue weighted by molar-refractivity contribution is 6.30. The predicted octanol–water partition coefficient (Wildman–Crippen LogP) is 0.258. The normalized spacial score (nSPS) is 20.5. The highest BCUT2D eigenvalue weighted by Crippen LogP contribution is 2.23. The van der Waals surface area contributed by atoms with Crippen LogP contribution in [0.1, 0.15) is 12.8 Å². The van der Waals surface area contributed by atoms with E-state index in [4.69, 9.17) is 22.1 Å². The van der Waals surface area contributed by atoms with Crippen molar-refractivity contribution >= 4 is 17.5 Å². The molecule has 0 bridgehead atoms. The van der Waals surface area contributed by atoms with Crippen molar-refractivity contribution < 1.29 is 9.53 Å². The maximum absolute atomic E-state index is 10.3. The van der Waals surface area contributed by atoms with E-state index >= 15 is 0 Å². The third kappa shape index (κ3) is 2.54. The van der Waals surface area contributed by atoms with Gasteiger partial charge in [0.25, 0.3) is 0 Å². The maximum atomic E-state index is 10.3. The Kier molecular flexibility index (Phi) is 2.51. The third-order valence-electron chi connectivity index (χ3n) is 1.31. The van der Waals surface area contributed by atoms with Gasteiger partial charge in [0.1, 0.15) is 5.38 Å². The van der Waals surface area contributed by atoms with Gasteiger partial charge in [-0.2, -0.15) is 0 Å². The Morgan fingerprint density at radius 3 is 2.80 bits per heavy atom. The number of primary amides is 1. The van der Waals surface area contributed by atoms with E-state index in [1.807, 2.05) is 0 Å². The molecule has 0 aromatic heterocycles. The fourth-order valence-electron chi connectivity index (χ4n) is 0.537. The van der Waals surface area contributed by atoms with Crippen molar-refractivity contribution in [3.05, 3.63) is 0 Å². The second kappa shape index (κ2) is 3.21. The zero-order chi connectivity index (χ0) is 7.56. The summed E-state index contributed by atoms with van der Waals surface area (Å²) < 4.78 is 5.14. The Morgan fingerprint density at radius 2 is 2.40 bits per heavy atom. The first-order chi connectivity index (χ1) is 4.70. The predicted molar refractivity (Wildman–Crippen MR) is 37.8 cm³/mol. The van der Waals surface area contributed by atoms with Crippen LogP contribution in [0.4, 0.5) is 0 Å². The first-order valence-corrected chi connectivity index (χ1v) is 3.69. The van der Waals surface area contributed by atoms with E-state index in [9.17, 15) is 4.79 Å². The monoisotopic (exact) mass is 163 g/mol. The molecular formula is C6H10ClNO2. The molecule has 2 N–H and O–H groups in total. The third-order valence-corrected chi connectivity index (χ3v) is 1.65. The van der Waals surface area contributed by atoms with Crippen LogP contribution in [0.5, 0.6) is 0 Å². The molecule has 3 nitrogen and oxygen atoms in total. The van der Waals surface area contributed by atoms with E-state index in [1.165, 1.54) is 0 Å². The summed E-state index contributed by atoms with van der Waals surface area (Å²) in [5.74, 6) is -0.512. The number of halogens is 1. The van der Waals surface area contributed by atoms with E-state index < -0.39 is 11.3 Å². The number of rotatable bonds is 4. The van der Waals surface area contributed by atoms with Gasteiger partial charge in [-0.1, -0.05) is 0 Å². The highest BCUT2D eigenvalue weighted by Gasteiger charge is 2.24. The summed E-state index contributed by atoms with van der Waals surface area (Å²) in [6, 6.07) is 0. The summed E-state index contributed by atoms with van der Waals surface area (Å²) in [5, 5.41) is -0.666. The number of amides is 1. The van der Waals surface area contributed by atoms with Gasteiger partial charge in [-0.3, -0.25) is 4.79 Å². The van der Waals surface area contributed by atoms with Gasteiger partial charge in [0.05, 0.1) is 12.7 Å². The van der Waals surface area contributed by atoms with Crippen molar-refractivity contribution in [2.24, 2.45) is 5.73 Å². The number of carbonyl (C=O) groups is 1. The van der Waals surface area contributed by atoms with Crippen LogP contribution in [-0.2, 0) is 9.53 Å². The van der Waals surface area contributed by atoms with E-state index in [1.54, 1.807) is 0 Å². The molecule has 1 rings (SSSR count). The van der Waals surface area contributed by atoms with Crippen molar-refractivity contribution in [3.63, 3.8) is 0 Å². The number of alkyl halides is 1. The summed E-state index contributed by atoms with van der Waals surface area (Å²) in [4.78, 5) is 10.3. The van der Waals surface area contributed by atoms with Crippen molar-refractivity contribution in [1.82, 2.24) is 0 Å². The summed E-state index contributed by atoms with van der Waals surface area (Å²) in [5.41, 5.74) is 4.89. The summed E-state index contributed by atoms with van der Waals surface area (Å²) in [6.07, 6.45) is 2.51. The molecule has 0 radical (unpaired) electrons. The SMILES string of the molecule is NC(=O)C(Cl)COC1CC1. The average molecular weight is 164 g/mol. The fourth-order valence-corrected chi connectivity index (χ4v) is 0.610. The lowest BCUT2D eigenvalue weighted by molar-refractivity contribution is -0.118. The number of carbonyl (C=O) groups excluding carboxylic acids is 1. The van der Waals surface area contributed by atoms with Crippen molar-refractivity contribution in [2.45, 2.75) is 24.3 Å². The molecule has 0 saturated heterocycles. The second-order valence-corrected chi connectivity index (χ2v) is 2.93. The zero-order valence-corrected chi connectivity index (χ0v) is 6.30. The minimum atomic E-state index is -0.666. The van der Waals surface area contributed by atoms with Gasteiger partial charge in [-0.25, -0.2) is 0 Å².